The third-order valence-electron chi connectivity index (χ3n) is 2.84. The van der Waals surface area contributed by atoms with E-state index in [4.69, 9.17) is 9.47 Å². The average molecular weight is 260 g/mol. The second-order valence-corrected chi connectivity index (χ2v) is 4.32. The molecule has 1 unspecified atom stereocenters. The maximum Gasteiger partial charge on any atom is 0.123 e. The first-order chi connectivity index (χ1) is 9.28. The van der Waals surface area contributed by atoms with Gasteiger partial charge in [-0.1, -0.05) is 45.1 Å². The van der Waals surface area contributed by atoms with Crippen LogP contribution in [0.3, 0.4) is 0 Å². The fraction of sp³-hybridized carbons (Fsp3) is 0.412. The van der Waals surface area contributed by atoms with Gasteiger partial charge in [-0.15, -0.1) is 0 Å². The number of hydrogen-bond donors (Lipinski definition) is 0. The fourth-order valence-corrected chi connectivity index (χ4v) is 1.74. The van der Waals surface area contributed by atoms with Gasteiger partial charge in [0.05, 0.1) is 7.11 Å². The van der Waals surface area contributed by atoms with Gasteiger partial charge in [-0.05, 0) is 30.0 Å². The molecule has 0 aliphatic heterocycles. The highest BCUT2D eigenvalue weighted by atomic mass is 16.5. The summed E-state index contributed by atoms with van der Waals surface area (Å²) in [5, 5.41) is 0. The van der Waals surface area contributed by atoms with Crippen molar-refractivity contribution in [3.63, 3.8) is 0 Å². The molecule has 0 fully saturated rings. The molecule has 0 heterocycles. The Bertz CT molecular complexity index is 433. The van der Waals surface area contributed by atoms with Gasteiger partial charge in [-0.3, -0.25) is 0 Å². The fourth-order valence-electron chi connectivity index (χ4n) is 1.74. The average Bonchev–Trinajstić information content (AvgIpc) is 2.49. The van der Waals surface area contributed by atoms with Crippen LogP contribution in [0.5, 0.6) is 11.5 Å². The van der Waals surface area contributed by atoms with Crippen LogP contribution < -0.4 is 9.47 Å². The minimum atomic E-state index is 0.621. The maximum absolute atomic E-state index is 5.72. The van der Waals surface area contributed by atoms with E-state index in [0.717, 1.165) is 17.9 Å². The summed E-state index contributed by atoms with van der Waals surface area (Å²) in [6.07, 6.45) is 7.72. The van der Waals surface area contributed by atoms with E-state index in [1.54, 1.807) is 7.11 Å². The number of methoxy groups -OCH3 is 1. The van der Waals surface area contributed by atoms with Crippen LogP contribution >= 0.6 is 0 Å². The van der Waals surface area contributed by atoms with Crippen molar-refractivity contribution in [3.05, 3.63) is 48.1 Å². The predicted molar refractivity (Wildman–Crippen MR) is 80.8 cm³/mol. The molecule has 1 aliphatic carbocycles. The zero-order valence-electron chi connectivity index (χ0n) is 12.3. The normalized spacial score (nSPS) is 17.1. The minimum absolute atomic E-state index is 0.621. The number of allylic oxidation sites excluding steroid dienone is 2. The second-order valence-electron chi connectivity index (χ2n) is 4.32. The summed E-state index contributed by atoms with van der Waals surface area (Å²) in [5.74, 6) is 2.32. The molecule has 2 rings (SSSR count). The van der Waals surface area contributed by atoms with Crippen LogP contribution in [0.4, 0.5) is 0 Å². The lowest BCUT2D eigenvalue weighted by Gasteiger charge is -2.13. The van der Waals surface area contributed by atoms with Crippen LogP contribution in [-0.4, -0.2) is 13.7 Å². The zero-order valence-corrected chi connectivity index (χ0v) is 12.3. The monoisotopic (exact) mass is 260 g/mol. The predicted octanol–water partition coefficient (Wildman–Crippen LogP) is 4.62. The zero-order chi connectivity index (χ0) is 14.1. The highest BCUT2D eigenvalue weighted by Gasteiger charge is 2.04. The van der Waals surface area contributed by atoms with Gasteiger partial charge in [0.1, 0.15) is 18.1 Å². The van der Waals surface area contributed by atoms with Crippen LogP contribution in [0, 0.1) is 5.92 Å². The molecule has 0 spiro atoms. The van der Waals surface area contributed by atoms with Gasteiger partial charge in [0.15, 0.2) is 0 Å². The van der Waals surface area contributed by atoms with Gasteiger partial charge < -0.3 is 9.47 Å². The van der Waals surface area contributed by atoms with E-state index in [1.165, 1.54) is 5.57 Å². The Morgan fingerprint density at radius 3 is 2.58 bits per heavy atom. The summed E-state index contributed by atoms with van der Waals surface area (Å²) in [7, 11) is 1.66. The van der Waals surface area contributed by atoms with Gasteiger partial charge in [0.2, 0.25) is 0 Å². The summed E-state index contributed by atoms with van der Waals surface area (Å²) < 4.78 is 10.9. The summed E-state index contributed by atoms with van der Waals surface area (Å²) in [4.78, 5) is 0. The SMILES string of the molecule is CC.COc1cccc(OCC2=CCC(C)C=C2)c1. The first-order valence-electron chi connectivity index (χ1n) is 6.92. The van der Waals surface area contributed by atoms with Crippen LogP contribution in [0.15, 0.2) is 48.1 Å². The number of hydrogen-bond acceptors (Lipinski definition) is 2. The highest BCUT2D eigenvalue weighted by molar-refractivity contribution is 5.33. The molecule has 1 aliphatic rings. The largest absolute Gasteiger partial charge is 0.497 e. The topological polar surface area (TPSA) is 18.5 Å². The van der Waals surface area contributed by atoms with Crippen molar-refractivity contribution in [3.8, 4) is 11.5 Å². The Balaban J connectivity index is 0.000000861. The second kappa shape index (κ2) is 8.41. The van der Waals surface area contributed by atoms with Gasteiger partial charge >= 0.3 is 0 Å². The Morgan fingerprint density at radius 1 is 1.21 bits per heavy atom. The molecule has 0 bridgehead atoms. The van der Waals surface area contributed by atoms with Crippen LogP contribution in [0.25, 0.3) is 0 Å². The van der Waals surface area contributed by atoms with Crippen LogP contribution in [-0.2, 0) is 0 Å². The Morgan fingerprint density at radius 2 is 1.95 bits per heavy atom. The molecule has 0 radical (unpaired) electrons. The van der Waals surface area contributed by atoms with Crippen LogP contribution in [0.1, 0.15) is 27.2 Å². The summed E-state index contributed by atoms with van der Waals surface area (Å²) in [6, 6.07) is 7.68. The van der Waals surface area contributed by atoms with Crippen molar-refractivity contribution in [1.29, 1.82) is 0 Å². The summed E-state index contributed by atoms with van der Waals surface area (Å²) in [6.45, 7) is 6.84. The van der Waals surface area contributed by atoms with Gasteiger partial charge in [-0.2, -0.15) is 0 Å². The molecule has 1 aromatic carbocycles. The standard InChI is InChI=1S/C15H18O2.C2H6/c1-12-6-8-13(9-7-12)11-17-15-5-3-4-14(10-15)16-2;1-2/h3-6,8-10,12H,7,11H2,1-2H3;1-2H3. The molecule has 0 N–H and O–H groups in total. The molecule has 2 nitrogen and oxygen atoms in total. The molecule has 0 aromatic heterocycles. The molecule has 0 saturated carbocycles. The Labute approximate surface area is 116 Å². The summed E-state index contributed by atoms with van der Waals surface area (Å²) in [5.41, 5.74) is 1.24. The van der Waals surface area contributed by atoms with Crippen molar-refractivity contribution in [1.82, 2.24) is 0 Å². The smallest absolute Gasteiger partial charge is 0.123 e. The van der Waals surface area contributed by atoms with Gasteiger partial charge in [0, 0.05) is 6.07 Å². The third kappa shape index (κ3) is 5.21. The summed E-state index contributed by atoms with van der Waals surface area (Å²) >= 11 is 0. The van der Waals surface area contributed by atoms with E-state index < -0.39 is 0 Å². The molecule has 1 aromatic rings. The first-order valence-corrected chi connectivity index (χ1v) is 6.92. The van der Waals surface area contributed by atoms with E-state index in [9.17, 15) is 0 Å². The van der Waals surface area contributed by atoms with Crippen molar-refractivity contribution in [2.75, 3.05) is 13.7 Å². The van der Waals surface area contributed by atoms with Crippen molar-refractivity contribution in [2.24, 2.45) is 5.92 Å². The van der Waals surface area contributed by atoms with E-state index in [-0.39, 0.29) is 0 Å². The van der Waals surface area contributed by atoms with Crippen molar-refractivity contribution >= 4 is 0 Å². The molecule has 1 atom stereocenters. The van der Waals surface area contributed by atoms with Crippen molar-refractivity contribution in [2.45, 2.75) is 27.2 Å². The van der Waals surface area contributed by atoms with E-state index >= 15 is 0 Å². The molecular formula is C17H24O2. The Hall–Kier alpha value is -1.70. The van der Waals surface area contributed by atoms with E-state index in [0.29, 0.717) is 12.5 Å². The number of rotatable bonds is 4. The van der Waals surface area contributed by atoms with E-state index in [2.05, 4.69) is 25.2 Å². The molecule has 19 heavy (non-hydrogen) atoms. The number of benzene rings is 1. The quantitative estimate of drug-likeness (QED) is 0.786. The highest BCUT2D eigenvalue weighted by Crippen LogP contribution is 2.21. The van der Waals surface area contributed by atoms with Gasteiger partial charge in [0.25, 0.3) is 0 Å². The van der Waals surface area contributed by atoms with Crippen LogP contribution in [0.2, 0.25) is 0 Å². The molecule has 2 heteroatoms. The van der Waals surface area contributed by atoms with Gasteiger partial charge in [-0.25, -0.2) is 0 Å². The van der Waals surface area contributed by atoms with Crippen molar-refractivity contribution < 1.29 is 9.47 Å². The number of ether oxygens (including phenoxy) is 2. The lowest BCUT2D eigenvalue weighted by atomic mass is 9.99. The molecular weight excluding hydrogens is 236 g/mol. The molecule has 0 saturated heterocycles. The Kier molecular flexibility index (Phi) is 6.80. The molecule has 0 amide bonds. The minimum Gasteiger partial charge on any atom is -0.497 e. The lowest BCUT2D eigenvalue weighted by molar-refractivity contribution is 0.349. The maximum atomic E-state index is 5.72. The van der Waals surface area contributed by atoms with E-state index in [1.807, 2.05) is 38.1 Å². The first kappa shape index (κ1) is 15.4. The third-order valence-corrected chi connectivity index (χ3v) is 2.84. The molecule has 104 valence electrons. The lowest BCUT2D eigenvalue weighted by Crippen LogP contribution is -2.03.